The summed E-state index contributed by atoms with van der Waals surface area (Å²) < 4.78 is 12.1. The maximum absolute atomic E-state index is 11.8. The van der Waals surface area contributed by atoms with E-state index in [0.717, 1.165) is 50.6 Å². The summed E-state index contributed by atoms with van der Waals surface area (Å²) in [7, 11) is 3.43. The van der Waals surface area contributed by atoms with Crippen molar-refractivity contribution in [2.45, 2.75) is 32.7 Å². The van der Waals surface area contributed by atoms with Crippen LogP contribution in [0, 0.1) is 6.92 Å². The van der Waals surface area contributed by atoms with Gasteiger partial charge in [0.15, 0.2) is 5.96 Å². The predicted octanol–water partition coefficient (Wildman–Crippen LogP) is 1.16. The summed E-state index contributed by atoms with van der Waals surface area (Å²) in [5.41, 5.74) is 1.07. The van der Waals surface area contributed by atoms with Gasteiger partial charge >= 0.3 is 0 Å². The Balaban J connectivity index is 2.10. The molecule has 1 heterocycles. The van der Waals surface area contributed by atoms with Crippen LogP contribution in [0.2, 0.25) is 0 Å². The lowest BCUT2D eigenvalue weighted by molar-refractivity contribution is 0.0698. The molecule has 1 rings (SSSR count). The molecule has 142 valence electrons. The lowest BCUT2D eigenvalue weighted by Gasteiger charge is -2.13. The number of aryl methyl sites for hydroxylation is 1. The van der Waals surface area contributed by atoms with Crippen LogP contribution in [0.3, 0.4) is 0 Å². The highest BCUT2D eigenvalue weighted by Gasteiger charge is 2.00. The smallest absolute Gasteiger partial charge is 0.250 e. The minimum Gasteiger partial charge on any atom is -0.382 e. The lowest BCUT2D eigenvalue weighted by atomic mass is 10.3. The molecule has 0 radical (unpaired) electrons. The number of methoxy groups -OCH3 is 1. The number of ether oxygens (including phenoxy) is 2. The zero-order valence-corrected chi connectivity index (χ0v) is 15.7. The summed E-state index contributed by atoms with van der Waals surface area (Å²) in [6.45, 7) is 6.32. The van der Waals surface area contributed by atoms with Crippen molar-refractivity contribution < 1.29 is 9.47 Å². The first-order valence-corrected chi connectivity index (χ1v) is 8.86. The van der Waals surface area contributed by atoms with Crippen molar-refractivity contribution in [3.05, 3.63) is 34.2 Å². The van der Waals surface area contributed by atoms with Crippen LogP contribution in [-0.4, -0.2) is 57.6 Å². The molecule has 0 aliphatic heterocycles. The molecule has 0 amide bonds. The number of hydrogen-bond acceptors (Lipinski definition) is 4. The second-order valence-corrected chi connectivity index (χ2v) is 5.75. The molecule has 0 aliphatic carbocycles. The van der Waals surface area contributed by atoms with Gasteiger partial charge in [-0.25, -0.2) is 0 Å². The maximum atomic E-state index is 11.8. The van der Waals surface area contributed by atoms with Crippen LogP contribution in [0.5, 0.6) is 0 Å². The fourth-order valence-corrected chi connectivity index (χ4v) is 2.36. The number of hydrogen-bond donors (Lipinski definition) is 2. The van der Waals surface area contributed by atoms with Gasteiger partial charge < -0.3 is 24.7 Å². The van der Waals surface area contributed by atoms with E-state index in [1.165, 1.54) is 0 Å². The normalized spacial score (nSPS) is 11.6. The van der Waals surface area contributed by atoms with Gasteiger partial charge in [0.1, 0.15) is 0 Å². The van der Waals surface area contributed by atoms with Gasteiger partial charge in [0, 0.05) is 52.2 Å². The van der Waals surface area contributed by atoms with Crippen molar-refractivity contribution in [3.8, 4) is 0 Å². The minimum absolute atomic E-state index is 0.0677. The fraction of sp³-hybridized carbons (Fsp3) is 0.667. The number of aliphatic imine (C=N–C) groups is 1. The number of pyridine rings is 1. The number of rotatable bonds is 12. The van der Waals surface area contributed by atoms with E-state index in [1.54, 1.807) is 26.3 Å². The number of unbranched alkanes of at least 4 members (excludes halogenated alkanes) is 1. The molecule has 2 N–H and O–H groups in total. The van der Waals surface area contributed by atoms with E-state index in [0.29, 0.717) is 19.8 Å². The first-order valence-electron chi connectivity index (χ1n) is 8.86. The van der Waals surface area contributed by atoms with E-state index in [4.69, 9.17) is 9.47 Å². The molecule has 0 aliphatic rings. The van der Waals surface area contributed by atoms with Crippen molar-refractivity contribution >= 4 is 5.96 Å². The van der Waals surface area contributed by atoms with Crippen LogP contribution in [-0.2, 0) is 16.0 Å². The second-order valence-electron chi connectivity index (χ2n) is 5.75. The Hall–Kier alpha value is -1.86. The SMILES string of the molecule is CN=C(NCCCCn1c(C)cccc1=O)NCCCOCCOC. The highest BCUT2D eigenvalue weighted by Crippen LogP contribution is 1.97. The average Bonchev–Trinajstić information content (AvgIpc) is 2.61. The third-order valence-electron chi connectivity index (χ3n) is 3.78. The summed E-state index contributed by atoms with van der Waals surface area (Å²) in [4.78, 5) is 16.0. The monoisotopic (exact) mass is 352 g/mol. The first kappa shape index (κ1) is 21.2. The van der Waals surface area contributed by atoms with E-state index in [1.807, 2.05) is 17.6 Å². The van der Waals surface area contributed by atoms with Gasteiger partial charge in [-0.3, -0.25) is 9.79 Å². The molecule has 0 spiro atoms. The van der Waals surface area contributed by atoms with E-state index < -0.39 is 0 Å². The molecule has 7 nitrogen and oxygen atoms in total. The molecule has 0 bridgehead atoms. The van der Waals surface area contributed by atoms with E-state index in [9.17, 15) is 4.79 Å². The van der Waals surface area contributed by atoms with Crippen molar-refractivity contribution in [1.82, 2.24) is 15.2 Å². The van der Waals surface area contributed by atoms with Crippen LogP contribution in [0.15, 0.2) is 28.0 Å². The lowest BCUT2D eigenvalue weighted by Crippen LogP contribution is -2.38. The molecule has 7 heteroatoms. The van der Waals surface area contributed by atoms with Crippen LogP contribution in [0.4, 0.5) is 0 Å². The average molecular weight is 352 g/mol. The Kier molecular flexibility index (Phi) is 11.4. The molecule has 0 saturated heterocycles. The van der Waals surface area contributed by atoms with Gasteiger partial charge in [-0.15, -0.1) is 0 Å². The highest BCUT2D eigenvalue weighted by atomic mass is 16.5. The van der Waals surface area contributed by atoms with E-state index >= 15 is 0 Å². The second kappa shape index (κ2) is 13.4. The summed E-state index contributed by atoms with van der Waals surface area (Å²) in [5, 5.41) is 6.55. The number of aromatic nitrogens is 1. The summed E-state index contributed by atoms with van der Waals surface area (Å²) in [6, 6.07) is 5.37. The molecular formula is C18H32N4O3. The van der Waals surface area contributed by atoms with Crippen LogP contribution in [0.25, 0.3) is 0 Å². The largest absolute Gasteiger partial charge is 0.382 e. The Morgan fingerprint density at radius 3 is 2.56 bits per heavy atom. The van der Waals surface area contributed by atoms with Crippen LogP contribution >= 0.6 is 0 Å². The summed E-state index contributed by atoms with van der Waals surface area (Å²) >= 11 is 0. The molecule has 0 fully saturated rings. The fourth-order valence-electron chi connectivity index (χ4n) is 2.36. The van der Waals surface area contributed by atoms with Gasteiger partial charge in [-0.05, 0) is 32.3 Å². The summed E-state index contributed by atoms with van der Waals surface area (Å²) in [6.07, 6.45) is 2.84. The van der Waals surface area contributed by atoms with Crippen molar-refractivity contribution in [2.75, 3.05) is 47.1 Å². The Morgan fingerprint density at radius 2 is 1.88 bits per heavy atom. The predicted molar refractivity (Wildman–Crippen MR) is 101 cm³/mol. The Morgan fingerprint density at radius 1 is 1.12 bits per heavy atom. The van der Waals surface area contributed by atoms with Crippen molar-refractivity contribution in [2.24, 2.45) is 4.99 Å². The Bertz CT molecular complexity index is 557. The Labute approximate surface area is 150 Å². The summed E-state index contributed by atoms with van der Waals surface area (Å²) in [5.74, 6) is 0.796. The van der Waals surface area contributed by atoms with Gasteiger partial charge in [-0.1, -0.05) is 6.07 Å². The third-order valence-corrected chi connectivity index (χ3v) is 3.78. The van der Waals surface area contributed by atoms with E-state index in [-0.39, 0.29) is 5.56 Å². The van der Waals surface area contributed by atoms with Gasteiger partial charge in [0.05, 0.1) is 13.2 Å². The maximum Gasteiger partial charge on any atom is 0.250 e. The molecule has 0 saturated carbocycles. The van der Waals surface area contributed by atoms with Gasteiger partial charge in [-0.2, -0.15) is 0 Å². The molecule has 1 aromatic heterocycles. The molecule has 0 unspecified atom stereocenters. The molecule has 1 aromatic rings. The topological polar surface area (TPSA) is 76.9 Å². The van der Waals surface area contributed by atoms with Gasteiger partial charge in [0.2, 0.25) is 0 Å². The standard InChI is InChI=1S/C18H32N4O3/c1-16-8-6-9-17(23)22(16)12-5-4-10-20-18(19-2)21-11-7-13-25-15-14-24-3/h6,8-9H,4-5,7,10-15H2,1-3H3,(H2,19,20,21). The minimum atomic E-state index is 0.0677. The third kappa shape index (κ3) is 9.26. The molecule has 25 heavy (non-hydrogen) atoms. The highest BCUT2D eigenvalue weighted by molar-refractivity contribution is 5.79. The quantitative estimate of drug-likeness (QED) is 0.335. The molecule has 0 atom stereocenters. The first-order chi connectivity index (χ1) is 12.2. The number of nitrogens with one attached hydrogen (secondary N) is 2. The number of guanidine groups is 1. The molecule has 0 aromatic carbocycles. The van der Waals surface area contributed by atoms with Crippen molar-refractivity contribution in [3.63, 3.8) is 0 Å². The zero-order chi connectivity index (χ0) is 18.3. The van der Waals surface area contributed by atoms with Gasteiger partial charge in [0.25, 0.3) is 5.56 Å². The number of nitrogens with zero attached hydrogens (tertiary/aromatic N) is 2. The van der Waals surface area contributed by atoms with Crippen LogP contribution in [0.1, 0.15) is 25.0 Å². The van der Waals surface area contributed by atoms with E-state index in [2.05, 4.69) is 15.6 Å². The van der Waals surface area contributed by atoms with Crippen LogP contribution < -0.4 is 16.2 Å². The zero-order valence-electron chi connectivity index (χ0n) is 15.7. The molecular weight excluding hydrogens is 320 g/mol. The van der Waals surface area contributed by atoms with Crippen molar-refractivity contribution in [1.29, 1.82) is 0 Å².